The molecule has 3 heteroatoms. The van der Waals surface area contributed by atoms with Gasteiger partial charge in [-0.2, -0.15) is 0 Å². The third-order valence-electron chi connectivity index (χ3n) is 3.65. The van der Waals surface area contributed by atoms with Crippen molar-refractivity contribution in [1.82, 2.24) is 9.80 Å². The molecule has 2 rings (SSSR count). The van der Waals surface area contributed by atoms with Crippen LogP contribution in [0.4, 0.5) is 0 Å². The summed E-state index contributed by atoms with van der Waals surface area (Å²) >= 11 is 3.58. The minimum Gasteiger partial charge on any atom is -0.298 e. The van der Waals surface area contributed by atoms with Crippen LogP contribution in [0.25, 0.3) is 0 Å². The summed E-state index contributed by atoms with van der Waals surface area (Å²) in [6.07, 6.45) is 0. The molecule has 0 amide bonds. The van der Waals surface area contributed by atoms with Crippen LogP contribution in [-0.4, -0.2) is 42.0 Å². The van der Waals surface area contributed by atoms with Gasteiger partial charge in [0.1, 0.15) is 0 Å². The van der Waals surface area contributed by atoms with Gasteiger partial charge in [-0.1, -0.05) is 22.0 Å². The molecule has 0 radical (unpaired) electrons. The first-order chi connectivity index (χ1) is 8.54. The Kier molecular flexibility index (Phi) is 4.82. The molecule has 1 aliphatic rings. The minimum absolute atomic E-state index is 0.681. The van der Waals surface area contributed by atoms with Crippen molar-refractivity contribution in [1.29, 1.82) is 0 Å². The van der Waals surface area contributed by atoms with Gasteiger partial charge < -0.3 is 0 Å². The van der Waals surface area contributed by atoms with Crippen LogP contribution in [0.1, 0.15) is 25.0 Å². The molecular weight excluding hydrogens is 288 g/mol. The Morgan fingerprint density at radius 2 is 1.78 bits per heavy atom. The first kappa shape index (κ1) is 14.0. The number of hydrogen-bond donors (Lipinski definition) is 0. The van der Waals surface area contributed by atoms with Gasteiger partial charge in [-0.15, -0.1) is 0 Å². The van der Waals surface area contributed by atoms with Gasteiger partial charge in [-0.25, -0.2) is 0 Å². The average Bonchev–Trinajstić information content (AvgIpc) is 2.28. The fraction of sp³-hybridized carbons (Fsp3) is 0.600. The molecule has 1 heterocycles. The molecule has 2 nitrogen and oxygen atoms in total. The average molecular weight is 311 g/mol. The molecule has 100 valence electrons. The van der Waals surface area contributed by atoms with Crippen molar-refractivity contribution in [3.8, 4) is 0 Å². The van der Waals surface area contributed by atoms with Crippen LogP contribution in [0.2, 0.25) is 0 Å². The molecule has 0 aromatic heterocycles. The zero-order chi connectivity index (χ0) is 13.1. The standard InChI is InChI=1S/C15H23BrN2/c1-12(2)18-6-4-17(5-7-18)11-14-8-13(3)9-15(16)10-14/h8-10,12H,4-7,11H2,1-3H3. The summed E-state index contributed by atoms with van der Waals surface area (Å²) in [4.78, 5) is 5.11. The van der Waals surface area contributed by atoms with Gasteiger partial charge in [0.25, 0.3) is 0 Å². The van der Waals surface area contributed by atoms with Gasteiger partial charge in [-0.3, -0.25) is 9.80 Å². The normalized spacial score (nSPS) is 18.5. The van der Waals surface area contributed by atoms with Crippen LogP contribution in [0.3, 0.4) is 0 Å². The first-order valence-electron chi connectivity index (χ1n) is 6.77. The summed E-state index contributed by atoms with van der Waals surface area (Å²) in [5.74, 6) is 0. The Hall–Kier alpha value is -0.380. The summed E-state index contributed by atoms with van der Waals surface area (Å²) in [7, 11) is 0. The van der Waals surface area contributed by atoms with Crippen LogP contribution in [0.15, 0.2) is 22.7 Å². The molecular formula is C15H23BrN2. The Labute approximate surface area is 119 Å². The van der Waals surface area contributed by atoms with E-state index in [0.717, 1.165) is 6.54 Å². The Bertz CT molecular complexity index is 375. The van der Waals surface area contributed by atoms with E-state index in [-0.39, 0.29) is 0 Å². The molecule has 1 aliphatic heterocycles. The number of aryl methyl sites for hydroxylation is 1. The lowest BCUT2D eigenvalue weighted by atomic mass is 10.1. The highest BCUT2D eigenvalue weighted by molar-refractivity contribution is 9.10. The summed E-state index contributed by atoms with van der Waals surface area (Å²) in [6.45, 7) is 12.6. The molecule has 0 bridgehead atoms. The van der Waals surface area contributed by atoms with E-state index in [0.29, 0.717) is 6.04 Å². The van der Waals surface area contributed by atoms with Crippen molar-refractivity contribution in [2.45, 2.75) is 33.4 Å². The maximum absolute atomic E-state index is 3.58. The third kappa shape index (κ3) is 3.81. The molecule has 1 aromatic carbocycles. The molecule has 1 fully saturated rings. The van der Waals surface area contributed by atoms with E-state index < -0.39 is 0 Å². The first-order valence-corrected chi connectivity index (χ1v) is 7.56. The largest absolute Gasteiger partial charge is 0.298 e. The van der Waals surface area contributed by atoms with E-state index in [1.807, 2.05) is 0 Å². The maximum Gasteiger partial charge on any atom is 0.0235 e. The van der Waals surface area contributed by atoms with E-state index in [9.17, 15) is 0 Å². The molecule has 1 saturated heterocycles. The second-order valence-electron chi connectivity index (χ2n) is 5.54. The zero-order valence-electron chi connectivity index (χ0n) is 11.6. The van der Waals surface area contributed by atoms with Crippen LogP contribution in [0.5, 0.6) is 0 Å². The summed E-state index contributed by atoms with van der Waals surface area (Å²) in [5, 5.41) is 0. The van der Waals surface area contributed by atoms with Gasteiger partial charge >= 0.3 is 0 Å². The second-order valence-corrected chi connectivity index (χ2v) is 6.46. The van der Waals surface area contributed by atoms with Gasteiger partial charge in [0.15, 0.2) is 0 Å². The summed E-state index contributed by atoms with van der Waals surface area (Å²) in [6, 6.07) is 7.38. The van der Waals surface area contributed by atoms with Crippen LogP contribution in [0, 0.1) is 6.92 Å². The molecule has 18 heavy (non-hydrogen) atoms. The molecule has 0 spiro atoms. The summed E-state index contributed by atoms with van der Waals surface area (Å²) < 4.78 is 1.19. The van der Waals surface area contributed by atoms with Gasteiger partial charge in [0, 0.05) is 43.2 Å². The topological polar surface area (TPSA) is 6.48 Å². The lowest BCUT2D eigenvalue weighted by Gasteiger charge is -2.37. The highest BCUT2D eigenvalue weighted by Gasteiger charge is 2.18. The lowest BCUT2D eigenvalue weighted by molar-refractivity contribution is 0.104. The number of nitrogens with zero attached hydrogens (tertiary/aromatic N) is 2. The van der Waals surface area contributed by atoms with Crippen LogP contribution < -0.4 is 0 Å². The molecule has 0 aliphatic carbocycles. The maximum atomic E-state index is 3.58. The van der Waals surface area contributed by atoms with E-state index in [2.05, 4.69) is 64.7 Å². The zero-order valence-corrected chi connectivity index (χ0v) is 13.2. The number of hydrogen-bond acceptors (Lipinski definition) is 2. The second kappa shape index (κ2) is 6.18. The Morgan fingerprint density at radius 1 is 1.11 bits per heavy atom. The fourth-order valence-electron chi connectivity index (χ4n) is 2.60. The molecule has 0 N–H and O–H groups in total. The monoisotopic (exact) mass is 310 g/mol. The smallest absolute Gasteiger partial charge is 0.0235 e. The van der Waals surface area contributed by atoms with E-state index in [4.69, 9.17) is 0 Å². The minimum atomic E-state index is 0.681. The van der Waals surface area contributed by atoms with Gasteiger partial charge in [0.05, 0.1) is 0 Å². The number of piperazine rings is 1. The number of halogens is 1. The van der Waals surface area contributed by atoms with E-state index in [1.165, 1.54) is 41.8 Å². The SMILES string of the molecule is Cc1cc(Br)cc(CN2CCN(C(C)C)CC2)c1. The fourth-order valence-corrected chi connectivity index (χ4v) is 3.25. The third-order valence-corrected chi connectivity index (χ3v) is 4.10. The van der Waals surface area contributed by atoms with E-state index >= 15 is 0 Å². The van der Waals surface area contributed by atoms with Gasteiger partial charge in [-0.05, 0) is 44.0 Å². The highest BCUT2D eigenvalue weighted by Crippen LogP contribution is 2.17. The van der Waals surface area contributed by atoms with Crippen molar-refractivity contribution in [2.24, 2.45) is 0 Å². The molecule has 1 aromatic rings. The van der Waals surface area contributed by atoms with Gasteiger partial charge in [0.2, 0.25) is 0 Å². The molecule has 0 unspecified atom stereocenters. The van der Waals surface area contributed by atoms with Crippen molar-refractivity contribution >= 4 is 15.9 Å². The summed E-state index contributed by atoms with van der Waals surface area (Å²) in [5.41, 5.74) is 2.75. The van der Waals surface area contributed by atoms with E-state index in [1.54, 1.807) is 0 Å². The predicted octanol–water partition coefficient (Wildman–Crippen LogP) is 3.28. The van der Waals surface area contributed by atoms with Crippen LogP contribution in [-0.2, 0) is 6.54 Å². The Morgan fingerprint density at radius 3 is 2.33 bits per heavy atom. The molecule has 0 atom stereocenters. The van der Waals surface area contributed by atoms with Crippen molar-refractivity contribution < 1.29 is 0 Å². The lowest BCUT2D eigenvalue weighted by Crippen LogP contribution is -2.48. The van der Waals surface area contributed by atoms with Crippen molar-refractivity contribution in [3.05, 3.63) is 33.8 Å². The number of rotatable bonds is 3. The Balaban J connectivity index is 1.91. The molecule has 0 saturated carbocycles. The van der Waals surface area contributed by atoms with Crippen molar-refractivity contribution in [3.63, 3.8) is 0 Å². The predicted molar refractivity (Wildman–Crippen MR) is 80.9 cm³/mol. The number of benzene rings is 1. The quantitative estimate of drug-likeness (QED) is 0.845. The van der Waals surface area contributed by atoms with Crippen LogP contribution >= 0.6 is 15.9 Å². The van der Waals surface area contributed by atoms with Crippen molar-refractivity contribution in [2.75, 3.05) is 26.2 Å². The highest BCUT2D eigenvalue weighted by atomic mass is 79.9.